The lowest BCUT2D eigenvalue weighted by atomic mass is 9.99. The molecular formula is C9H18N2O4S. The SMILES string of the molecule is COC(=O)CS(=O)(=O)N1CC(C)CC(N)C1. The molecule has 7 heteroatoms. The van der Waals surface area contributed by atoms with Gasteiger partial charge in [-0.1, -0.05) is 6.92 Å². The number of carbonyl (C=O) groups is 1. The van der Waals surface area contributed by atoms with Crippen molar-refractivity contribution in [1.29, 1.82) is 0 Å². The third-order valence-electron chi connectivity index (χ3n) is 2.58. The number of nitrogens with zero attached hydrogens (tertiary/aromatic N) is 1. The van der Waals surface area contributed by atoms with Crippen LogP contribution in [-0.4, -0.2) is 50.7 Å². The molecule has 2 atom stereocenters. The molecule has 1 aliphatic heterocycles. The molecule has 0 spiro atoms. The molecular weight excluding hydrogens is 232 g/mol. The van der Waals surface area contributed by atoms with Gasteiger partial charge in [0.2, 0.25) is 10.0 Å². The highest BCUT2D eigenvalue weighted by Gasteiger charge is 2.32. The molecule has 1 heterocycles. The average molecular weight is 250 g/mol. The summed E-state index contributed by atoms with van der Waals surface area (Å²) >= 11 is 0. The van der Waals surface area contributed by atoms with Crippen molar-refractivity contribution in [3.63, 3.8) is 0 Å². The van der Waals surface area contributed by atoms with E-state index in [4.69, 9.17) is 5.73 Å². The van der Waals surface area contributed by atoms with Crippen LogP contribution in [0, 0.1) is 5.92 Å². The third kappa shape index (κ3) is 3.43. The molecule has 6 nitrogen and oxygen atoms in total. The fourth-order valence-electron chi connectivity index (χ4n) is 1.88. The van der Waals surface area contributed by atoms with E-state index in [1.54, 1.807) is 0 Å². The summed E-state index contributed by atoms with van der Waals surface area (Å²) in [6, 6.07) is -0.156. The highest BCUT2D eigenvalue weighted by Crippen LogP contribution is 2.18. The zero-order valence-electron chi connectivity index (χ0n) is 9.55. The lowest BCUT2D eigenvalue weighted by molar-refractivity contribution is -0.137. The van der Waals surface area contributed by atoms with Crippen molar-refractivity contribution >= 4 is 16.0 Å². The molecule has 1 rings (SSSR count). The van der Waals surface area contributed by atoms with E-state index in [2.05, 4.69) is 4.74 Å². The van der Waals surface area contributed by atoms with Gasteiger partial charge in [-0.15, -0.1) is 0 Å². The van der Waals surface area contributed by atoms with E-state index in [0.29, 0.717) is 6.54 Å². The number of nitrogens with two attached hydrogens (primary N) is 1. The van der Waals surface area contributed by atoms with E-state index >= 15 is 0 Å². The Balaban J connectivity index is 2.71. The van der Waals surface area contributed by atoms with Gasteiger partial charge in [0.05, 0.1) is 7.11 Å². The molecule has 0 radical (unpaired) electrons. The molecule has 16 heavy (non-hydrogen) atoms. The first-order chi connectivity index (χ1) is 7.35. The molecule has 0 bridgehead atoms. The first-order valence-electron chi connectivity index (χ1n) is 5.15. The van der Waals surface area contributed by atoms with Gasteiger partial charge in [-0.2, -0.15) is 4.31 Å². The number of methoxy groups -OCH3 is 1. The van der Waals surface area contributed by atoms with Crippen LogP contribution >= 0.6 is 0 Å². The number of carbonyl (C=O) groups excluding carboxylic acids is 1. The summed E-state index contributed by atoms with van der Waals surface area (Å²) < 4.78 is 29.3. The van der Waals surface area contributed by atoms with Crippen LogP contribution < -0.4 is 5.73 Å². The quantitative estimate of drug-likeness (QED) is 0.660. The van der Waals surface area contributed by atoms with Crippen LogP contribution in [0.3, 0.4) is 0 Å². The molecule has 1 aliphatic rings. The summed E-state index contributed by atoms with van der Waals surface area (Å²) in [5, 5.41) is 0. The maximum absolute atomic E-state index is 11.8. The number of piperidine rings is 1. The number of sulfonamides is 1. The Kier molecular flexibility index (Phi) is 4.28. The zero-order chi connectivity index (χ0) is 12.3. The molecule has 0 aliphatic carbocycles. The Morgan fingerprint density at radius 3 is 2.62 bits per heavy atom. The van der Waals surface area contributed by atoms with Crippen LogP contribution in [0.25, 0.3) is 0 Å². The van der Waals surface area contributed by atoms with Crippen LogP contribution in [-0.2, 0) is 19.6 Å². The molecule has 2 N–H and O–H groups in total. The normalized spacial score (nSPS) is 27.7. The Morgan fingerprint density at radius 2 is 2.12 bits per heavy atom. The number of hydrogen-bond donors (Lipinski definition) is 1. The fourth-order valence-corrected chi connectivity index (χ4v) is 3.37. The molecule has 94 valence electrons. The standard InChI is InChI=1S/C9H18N2O4S/c1-7-3-8(10)5-11(4-7)16(13,14)6-9(12)15-2/h7-8H,3-6,10H2,1-2H3. The largest absolute Gasteiger partial charge is 0.468 e. The van der Waals surface area contributed by atoms with Crippen LogP contribution in [0.15, 0.2) is 0 Å². The summed E-state index contributed by atoms with van der Waals surface area (Å²) in [6.07, 6.45) is 0.810. The smallest absolute Gasteiger partial charge is 0.322 e. The Bertz CT molecular complexity index is 345. The second-order valence-electron chi connectivity index (χ2n) is 4.25. The van der Waals surface area contributed by atoms with Gasteiger partial charge in [0.1, 0.15) is 0 Å². The van der Waals surface area contributed by atoms with Gasteiger partial charge in [-0.25, -0.2) is 8.42 Å². The molecule has 1 fully saturated rings. The van der Waals surface area contributed by atoms with E-state index in [1.807, 2.05) is 6.92 Å². The minimum atomic E-state index is -3.58. The highest BCUT2D eigenvalue weighted by atomic mass is 32.2. The third-order valence-corrected chi connectivity index (χ3v) is 4.27. The van der Waals surface area contributed by atoms with Gasteiger partial charge in [0.25, 0.3) is 0 Å². The predicted octanol–water partition coefficient (Wildman–Crippen LogP) is -0.842. The van der Waals surface area contributed by atoms with Crippen LogP contribution in [0.4, 0.5) is 0 Å². The average Bonchev–Trinajstić information content (AvgIpc) is 2.15. The topological polar surface area (TPSA) is 89.7 Å². The first kappa shape index (κ1) is 13.4. The minimum Gasteiger partial charge on any atom is -0.468 e. The van der Waals surface area contributed by atoms with Gasteiger partial charge in [0.15, 0.2) is 5.75 Å². The number of esters is 1. The minimum absolute atomic E-state index is 0.156. The van der Waals surface area contributed by atoms with E-state index in [-0.39, 0.29) is 18.5 Å². The molecule has 0 aromatic carbocycles. The second kappa shape index (κ2) is 5.11. The zero-order valence-corrected chi connectivity index (χ0v) is 10.4. The Hall–Kier alpha value is -0.660. The number of ether oxygens (including phenoxy) is 1. The van der Waals surface area contributed by atoms with Gasteiger partial charge in [-0.3, -0.25) is 4.79 Å². The molecule has 1 saturated heterocycles. The summed E-state index contributed by atoms with van der Waals surface area (Å²) in [6.45, 7) is 2.65. The van der Waals surface area contributed by atoms with Crippen LogP contribution in [0.5, 0.6) is 0 Å². The summed E-state index contributed by atoms with van der Waals surface area (Å²) in [4.78, 5) is 11.0. The maximum Gasteiger partial charge on any atom is 0.322 e. The molecule has 2 unspecified atom stereocenters. The number of hydrogen-bond acceptors (Lipinski definition) is 5. The molecule has 0 aromatic rings. The summed E-state index contributed by atoms with van der Waals surface area (Å²) in [7, 11) is -2.41. The fraction of sp³-hybridized carbons (Fsp3) is 0.889. The van der Waals surface area contributed by atoms with Crippen LogP contribution in [0.1, 0.15) is 13.3 Å². The van der Waals surface area contributed by atoms with Crippen molar-refractivity contribution in [1.82, 2.24) is 4.31 Å². The monoisotopic (exact) mass is 250 g/mol. The van der Waals surface area contributed by atoms with Crippen molar-refractivity contribution in [2.45, 2.75) is 19.4 Å². The van der Waals surface area contributed by atoms with E-state index < -0.39 is 21.7 Å². The van der Waals surface area contributed by atoms with Crippen molar-refractivity contribution in [3.05, 3.63) is 0 Å². The van der Waals surface area contributed by atoms with Gasteiger partial charge in [0, 0.05) is 19.1 Å². The van der Waals surface area contributed by atoms with Crippen LogP contribution in [0.2, 0.25) is 0 Å². The van der Waals surface area contributed by atoms with Crippen molar-refractivity contribution in [3.8, 4) is 0 Å². The maximum atomic E-state index is 11.8. The molecule has 0 saturated carbocycles. The van der Waals surface area contributed by atoms with Crippen molar-refractivity contribution in [2.75, 3.05) is 26.0 Å². The van der Waals surface area contributed by atoms with Gasteiger partial charge >= 0.3 is 5.97 Å². The second-order valence-corrected chi connectivity index (χ2v) is 6.22. The van der Waals surface area contributed by atoms with Crippen molar-refractivity contribution in [2.24, 2.45) is 11.7 Å². The van der Waals surface area contributed by atoms with Gasteiger partial charge < -0.3 is 10.5 Å². The molecule has 0 amide bonds. The molecule has 0 aromatic heterocycles. The summed E-state index contributed by atoms with van der Waals surface area (Å²) in [5.74, 6) is -1.13. The Morgan fingerprint density at radius 1 is 1.50 bits per heavy atom. The first-order valence-corrected chi connectivity index (χ1v) is 6.76. The van der Waals surface area contributed by atoms with Gasteiger partial charge in [-0.05, 0) is 12.3 Å². The Labute approximate surface area is 95.8 Å². The van der Waals surface area contributed by atoms with E-state index in [9.17, 15) is 13.2 Å². The van der Waals surface area contributed by atoms with Crippen molar-refractivity contribution < 1.29 is 17.9 Å². The lowest BCUT2D eigenvalue weighted by Gasteiger charge is -2.33. The highest BCUT2D eigenvalue weighted by molar-refractivity contribution is 7.89. The van der Waals surface area contributed by atoms with E-state index in [1.165, 1.54) is 11.4 Å². The lowest BCUT2D eigenvalue weighted by Crippen LogP contribution is -2.50. The predicted molar refractivity (Wildman–Crippen MR) is 59.1 cm³/mol. The number of rotatable bonds is 3. The van der Waals surface area contributed by atoms with E-state index in [0.717, 1.165) is 6.42 Å². The summed E-state index contributed by atoms with van der Waals surface area (Å²) in [5.41, 5.74) is 5.75.